The minimum atomic E-state index is -0.178. The van der Waals surface area contributed by atoms with E-state index in [2.05, 4.69) is 26.3 Å². The molecular weight excluding hydrogens is 309 g/mol. The molecule has 0 aliphatic heterocycles. The van der Waals surface area contributed by atoms with E-state index >= 15 is 0 Å². The van der Waals surface area contributed by atoms with Crippen molar-refractivity contribution >= 4 is 15.9 Å². The molecule has 0 saturated heterocycles. The third-order valence-corrected chi connectivity index (χ3v) is 3.75. The molecule has 0 radical (unpaired) electrons. The maximum Gasteiger partial charge on any atom is 0.126 e. The van der Waals surface area contributed by atoms with Crippen molar-refractivity contribution in [3.8, 4) is 0 Å². The molecule has 1 heterocycles. The molecule has 1 N–H and O–H groups in total. The van der Waals surface area contributed by atoms with Gasteiger partial charge in [0.05, 0.1) is 22.4 Å². The van der Waals surface area contributed by atoms with E-state index < -0.39 is 0 Å². The Morgan fingerprint density at radius 3 is 2.74 bits per heavy atom. The fourth-order valence-corrected chi connectivity index (χ4v) is 2.75. The first kappa shape index (κ1) is 14.2. The lowest BCUT2D eigenvalue weighted by molar-refractivity contribution is 0.566. The minimum absolute atomic E-state index is 0.00817. The number of nitrogens with zero attached hydrogens (tertiary/aromatic N) is 2. The molecule has 2 rings (SSSR count). The highest BCUT2D eigenvalue weighted by Crippen LogP contribution is 2.28. The summed E-state index contributed by atoms with van der Waals surface area (Å²) in [4.78, 5) is 0. The summed E-state index contributed by atoms with van der Waals surface area (Å²) in [6.45, 7) is 4.65. The van der Waals surface area contributed by atoms with Gasteiger partial charge in [-0.25, -0.2) is 4.39 Å². The van der Waals surface area contributed by atoms with Gasteiger partial charge in [-0.15, -0.1) is 0 Å². The fraction of sp³-hybridized carbons (Fsp3) is 0.357. The average Bonchev–Trinajstić information content (AvgIpc) is 2.70. The van der Waals surface area contributed by atoms with E-state index in [4.69, 9.17) is 0 Å². The van der Waals surface area contributed by atoms with Gasteiger partial charge in [0, 0.05) is 7.05 Å². The van der Waals surface area contributed by atoms with Crippen molar-refractivity contribution in [3.63, 3.8) is 0 Å². The van der Waals surface area contributed by atoms with E-state index in [1.165, 1.54) is 6.07 Å². The third kappa shape index (κ3) is 2.87. The molecule has 1 atom stereocenters. The van der Waals surface area contributed by atoms with Crippen LogP contribution in [-0.4, -0.2) is 16.3 Å². The highest BCUT2D eigenvalue weighted by molar-refractivity contribution is 9.10. The van der Waals surface area contributed by atoms with Crippen LogP contribution >= 0.6 is 15.9 Å². The largest absolute Gasteiger partial charge is 0.305 e. The topological polar surface area (TPSA) is 29.9 Å². The number of aryl methyl sites for hydroxylation is 2. The second-order valence-electron chi connectivity index (χ2n) is 4.50. The van der Waals surface area contributed by atoms with Crippen molar-refractivity contribution in [2.24, 2.45) is 7.05 Å². The van der Waals surface area contributed by atoms with Crippen LogP contribution in [0.2, 0.25) is 0 Å². The van der Waals surface area contributed by atoms with Gasteiger partial charge >= 0.3 is 0 Å². The molecule has 0 bridgehead atoms. The van der Waals surface area contributed by atoms with Gasteiger partial charge in [0.1, 0.15) is 5.82 Å². The van der Waals surface area contributed by atoms with Gasteiger partial charge in [-0.2, -0.15) is 5.10 Å². The lowest BCUT2D eigenvalue weighted by Crippen LogP contribution is -2.24. The molecule has 1 unspecified atom stereocenters. The molecule has 0 amide bonds. The number of rotatable bonds is 4. The molecule has 0 aliphatic rings. The molecule has 0 spiro atoms. The second-order valence-corrected chi connectivity index (χ2v) is 5.36. The molecule has 1 aromatic carbocycles. The monoisotopic (exact) mass is 325 g/mol. The van der Waals surface area contributed by atoms with Crippen LogP contribution in [0.5, 0.6) is 0 Å². The molecule has 19 heavy (non-hydrogen) atoms. The maximum atomic E-state index is 13.4. The highest BCUT2D eigenvalue weighted by atomic mass is 79.9. The van der Waals surface area contributed by atoms with Crippen LogP contribution in [-0.2, 0) is 7.05 Å². The zero-order chi connectivity index (χ0) is 14.0. The van der Waals surface area contributed by atoms with Crippen molar-refractivity contribution < 1.29 is 4.39 Å². The molecule has 0 fully saturated rings. The van der Waals surface area contributed by atoms with Crippen LogP contribution in [0.15, 0.2) is 28.9 Å². The summed E-state index contributed by atoms with van der Waals surface area (Å²) >= 11 is 3.52. The Morgan fingerprint density at radius 1 is 1.47 bits per heavy atom. The number of nitrogens with one attached hydrogen (secondary N) is 1. The van der Waals surface area contributed by atoms with Gasteiger partial charge in [0.25, 0.3) is 0 Å². The van der Waals surface area contributed by atoms with Crippen molar-refractivity contribution in [3.05, 3.63) is 51.5 Å². The first-order valence-electron chi connectivity index (χ1n) is 6.21. The van der Waals surface area contributed by atoms with E-state index in [1.54, 1.807) is 13.1 Å². The molecule has 2 aromatic rings. The van der Waals surface area contributed by atoms with E-state index in [0.717, 1.165) is 22.3 Å². The lowest BCUT2D eigenvalue weighted by Gasteiger charge is -2.20. The van der Waals surface area contributed by atoms with E-state index in [0.29, 0.717) is 5.56 Å². The zero-order valence-electron chi connectivity index (χ0n) is 11.2. The van der Waals surface area contributed by atoms with Gasteiger partial charge in [-0.3, -0.25) is 4.68 Å². The molecule has 0 aliphatic carbocycles. The molecule has 102 valence electrons. The van der Waals surface area contributed by atoms with E-state index in [9.17, 15) is 4.39 Å². The van der Waals surface area contributed by atoms with Gasteiger partial charge in [0.2, 0.25) is 0 Å². The Balaban J connectivity index is 2.48. The Morgan fingerprint density at radius 2 is 2.21 bits per heavy atom. The molecule has 5 heteroatoms. The summed E-state index contributed by atoms with van der Waals surface area (Å²) in [6.07, 6.45) is 1.77. The van der Waals surface area contributed by atoms with Crippen molar-refractivity contribution in [2.75, 3.05) is 6.54 Å². The summed E-state index contributed by atoms with van der Waals surface area (Å²) in [7, 11) is 1.90. The first-order valence-corrected chi connectivity index (χ1v) is 7.00. The van der Waals surface area contributed by atoms with E-state index in [1.807, 2.05) is 30.8 Å². The van der Waals surface area contributed by atoms with E-state index in [-0.39, 0.29) is 11.9 Å². The standard InChI is InChI=1S/C14H17BrFN3/c1-4-17-13(14-11(15)8-18-19(14)3)10-5-6-12(16)9(2)7-10/h5-8,13,17H,4H2,1-3H3. The smallest absolute Gasteiger partial charge is 0.126 e. The minimum Gasteiger partial charge on any atom is -0.305 e. The Labute approximate surface area is 121 Å². The number of hydrogen-bond donors (Lipinski definition) is 1. The average molecular weight is 326 g/mol. The molecule has 3 nitrogen and oxygen atoms in total. The first-order chi connectivity index (χ1) is 9.04. The van der Waals surface area contributed by atoms with Crippen LogP contribution in [0.3, 0.4) is 0 Å². The Bertz CT molecular complexity index is 561. The van der Waals surface area contributed by atoms with Crippen LogP contribution in [0.1, 0.15) is 29.8 Å². The SMILES string of the molecule is CCNC(c1ccc(F)c(C)c1)c1c(Br)cnn1C. The second kappa shape index (κ2) is 5.84. The van der Waals surface area contributed by atoms with Crippen molar-refractivity contribution in [2.45, 2.75) is 19.9 Å². The number of hydrogen-bond acceptors (Lipinski definition) is 2. The highest BCUT2D eigenvalue weighted by Gasteiger charge is 2.20. The summed E-state index contributed by atoms with van der Waals surface area (Å²) in [5.41, 5.74) is 2.72. The Hall–Kier alpha value is -1.20. The summed E-state index contributed by atoms with van der Waals surface area (Å²) in [5.74, 6) is -0.178. The number of benzene rings is 1. The van der Waals surface area contributed by atoms with Crippen LogP contribution in [0, 0.1) is 12.7 Å². The summed E-state index contributed by atoms with van der Waals surface area (Å²) in [5, 5.41) is 7.66. The van der Waals surface area contributed by atoms with Crippen molar-refractivity contribution in [1.82, 2.24) is 15.1 Å². The third-order valence-electron chi connectivity index (χ3n) is 3.13. The quantitative estimate of drug-likeness (QED) is 0.934. The summed E-state index contributed by atoms with van der Waals surface area (Å²) in [6, 6.07) is 5.20. The summed E-state index contributed by atoms with van der Waals surface area (Å²) < 4.78 is 16.2. The molecule has 0 saturated carbocycles. The van der Waals surface area contributed by atoms with Gasteiger partial charge < -0.3 is 5.32 Å². The number of halogens is 2. The number of aromatic nitrogens is 2. The normalized spacial score (nSPS) is 12.7. The maximum absolute atomic E-state index is 13.4. The lowest BCUT2D eigenvalue weighted by atomic mass is 10.0. The predicted octanol–water partition coefficient (Wildman–Crippen LogP) is 3.33. The van der Waals surface area contributed by atoms with Gasteiger partial charge in [0.15, 0.2) is 0 Å². The van der Waals surface area contributed by atoms with Crippen LogP contribution in [0.4, 0.5) is 4.39 Å². The van der Waals surface area contributed by atoms with Crippen molar-refractivity contribution in [1.29, 1.82) is 0 Å². The van der Waals surface area contributed by atoms with Crippen LogP contribution < -0.4 is 5.32 Å². The predicted molar refractivity (Wildman–Crippen MR) is 77.6 cm³/mol. The van der Waals surface area contributed by atoms with Gasteiger partial charge in [-0.1, -0.05) is 19.1 Å². The van der Waals surface area contributed by atoms with Gasteiger partial charge in [-0.05, 0) is 46.6 Å². The Kier molecular flexibility index (Phi) is 4.37. The molecule has 1 aromatic heterocycles. The molecular formula is C14H17BrFN3. The zero-order valence-corrected chi connectivity index (χ0v) is 12.8. The van der Waals surface area contributed by atoms with Crippen LogP contribution in [0.25, 0.3) is 0 Å². The fourth-order valence-electron chi connectivity index (χ4n) is 2.17.